The smallest absolute Gasteiger partial charge is 0.220 e. The number of unbranched alkanes of at least 4 members (excludes halogenated alkanes) is 12. The Balaban J connectivity index is 1.61. The minimum atomic E-state index is -1.98. The van der Waals surface area contributed by atoms with Crippen molar-refractivity contribution < 1.29 is 89.4 Å². The van der Waals surface area contributed by atoms with Gasteiger partial charge in [-0.3, -0.25) is 4.79 Å². The van der Waals surface area contributed by atoms with Gasteiger partial charge in [0.05, 0.1) is 38.6 Å². The van der Waals surface area contributed by atoms with Gasteiger partial charge in [0, 0.05) is 6.42 Å². The molecule has 63 heavy (non-hydrogen) atoms. The molecule has 368 valence electrons. The van der Waals surface area contributed by atoms with E-state index in [-0.39, 0.29) is 18.9 Å². The van der Waals surface area contributed by atoms with Crippen molar-refractivity contribution in [2.45, 2.75) is 221 Å². The summed E-state index contributed by atoms with van der Waals surface area (Å²) in [5, 5.41) is 119. The molecule has 12 N–H and O–H groups in total. The van der Waals surface area contributed by atoms with Crippen LogP contribution >= 0.6 is 0 Å². The van der Waals surface area contributed by atoms with Crippen molar-refractivity contribution in [3.8, 4) is 0 Å². The highest BCUT2D eigenvalue weighted by molar-refractivity contribution is 5.76. The maximum Gasteiger partial charge on any atom is 0.220 e. The Bertz CT molecular complexity index is 1280. The Kier molecular flexibility index (Phi) is 26.9. The van der Waals surface area contributed by atoms with Gasteiger partial charge in [0.15, 0.2) is 18.9 Å². The molecule has 3 rings (SSSR count). The van der Waals surface area contributed by atoms with Gasteiger partial charge in [-0.1, -0.05) is 102 Å². The zero-order chi connectivity index (χ0) is 46.3. The third-order valence-corrected chi connectivity index (χ3v) is 11.8. The number of rotatable bonds is 30. The van der Waals surface area contributed by atoms with Gasteiger partial charge in [-0.15, -0.1) is 0 Å². The average molecular weight is 910 g/mol. The second-order valence-electron chi connectivity index (χ2n) is 16.9. The zero-order valence-corrected chi connectivity index (χ0v) is 37.0. The van der Waals surface area contributed by atoms with Gasteiger partial charge in [0.25, 0.3) is 0 Å². The number of ether oxygens (including phenoxy) is 6. The predicted octanol–water partition coefficient (Wildman–Crippen LogP) is -0.309. The van der Waals surface area contributed by atoms with E-state index in [0.29, 0.717) is 12.8 Å². The number of aliphatic hydroxyl groups excluding tert-OH is 11. The van der Waals surface area contributed by atoms with Crippen LogP contribution in [0.1, 0.15) is 117 Å². The molecule has 0 spiro atoms. The van der Waals surface area contributed by atoms with Gasteiger partial charge in [-0.05, 0) is 32.1 Å². The van der Waals surface area contributed by atoms with Crippen LogP contribution in [0.3, 0.4) is 0 Å². The second-order valence-corrected chi connectivity index (χ2v) is 16.9. The fourth-order valence-electron chi connectivity index (χ4n) is 7.79. The first-order valence-electron chi connectivity index (χ1n) is 23.1. The maximum absolute atomic E-state index is 13.0. The fraction of sp³-hybridized carbons (Fsp3) is 0.886. The highest BCUT2D eigenvalue weighted by Crippen LogP contribution is 2.33. The first-order valence-corrected chi connectivity index (χ1v) is 23.1. The van der Waals surface area contributed by atoms with Gasteiger partial charge >= 0.3 is 0 Å². The summed E-state index contributed by atoms with van der Waals surface area (Å²) >= 11 is 0. The molecule has 0 aliphatic carbocycles. The molecular weight excluding hydrogens is 830 g/mol. The normalized spacial score (nSPS) is 35.0. The van der Waals surface area contributed by atoms with E-state index in [2.05, 4.69) is 31.3 Å². The number of hydrogen-bond acceptors (Lipinski definition) is 18. The monoisotopic (exact) mass is 910 g/mol. The number of nitrogens with one attached hydrogen (secondary N) is 1. The van der Waals surface area contributed by atoms with Crippen molar-refractivity contribution >= 4 is 5.91 Å². The quantitative estimate of drug-likeness (QED) is 0.0325. The molecule has 0 radical (unpaired) electrons. The molecule has 0 aromatic heterocycles. The Morgan fingerprint density at radius 2 is 1.02 bits per heavy atom. The van der Waals surface area contributed by atoms with E-state index in [1.54, 1.807) is 6.08 Å². The minimum Gasteiger partial charge on any atom is -0.394 e. The Morgan fingerprint density at radius 1 is 0.556 bits per heavy atom. The van der Waals surface area contributed by atoms with Gasteiger partial charge < -0.3 is 89.9 Å². The summed E-state index contributed by atoms with van der Waals surface area (Å²) in [6.07, 6.45) is -3.21. The minimum absolute atomic E-state index is 0.233. The molecule has 17 unspecified atom stereocenters. The molecule has 0 bridgehead atoms. The molecule has 19 heteroatoms. The molecule has 3 aliphatic rings. The third-order valence-electron chi connectivity index (χ3n) is 11.8. The second kappa shape index (κ2) is 30.5. The molecular formula is C44H79NO18. The third kappa shape index (κ3) is 17.8. The Hall–Kier alpha value is -1.73. The molecule has 17 atom stereocenters. The molecule has 1 amide bonds. The van der Waals surface area contributed by atoms with Crippen LogP contribution < -0.4 is 5.32 Å². The SMILES string of the molecule is CCCCCCCC/C=C/CC/C=C/C(O)C(COC1OC(CO)C(OC2OC(CO)C(OC3OC(CO)C(O)C(O)C3O)C(O)C2O)C(O)C1O)NC(=O)CCCCCCCC. The first-order chi connectivity index (χ1) is 30.3. The predicted molar refractivity (Wildman–Crippen MR) is 226 cm³/mol. The van der Waals surface area contributed by atoms with E-state index in [1.165, 1.54) is 32.1 Å². The zero-order valence-electron chi connectivity index (χ0n) is 37.0. The van der Waals surface area contributed by atoms with Crippen molar-refractivity contribution in [1.82, 2.24) is 5.32 Å². The summed E-state index contributed by atoms with van der Waals surface area (Å²) in [6.45, 7) is 1.54. The molecule has 0 saturated carbocycles. The lowest BCUT2D eigenvalue weighted by Crippen LogP contribution is -2.66. The van der Waals surface area contributed by atoms with Crippen molar-refractivity contribution in [3.05, 3.63) is 24.3 Å². The van der Waals surface area contributed by atoms with Crippen LogP contribution in [0.15, 0.2) is 24.3 Å². The number of allylic oxidation sites excluding steroid dienone is 3. The van der Waals surface area contributed by atoms with E-state index in [1.807, 2.05) is 6.08 Å². The van der Waals surface area contributed by atoms with Gasteiger partial charge in [-0.2, -0.15) is 0 Å². The summed E-state index contributed by atoms with van der Waals surface area (Å²) in [7, 11) is 0. The lowest BCUT2D eigenvalue weighted by atomic mass is 9.96. The van der Waals surface area contributed by atoms with Crippen LogP contribution in [-0.4, -0.2) is 193 Å². The number of hydrogen-bond donors (Lipinski definition) is 12. The largest absolute Gasteiger partial charge is 0.394 e. The summed E-state index contributed by atoms with van der Waals surface area (Å²) < 4.78 is 33.9. The molecule has 0 aromatic rings. The molecule has 19 nitrogen and oxygen atoms in total. The van der Waals surface area contributed by atoms with Crippen LogP contribution in [0, 0.1) is 0 Å². The van der Waals surface area contributed by atoms with Crippen molar-refractivity contribution in [1.29, 1.82) is 0 Å². The molecule has 0 aromatic carbocycles. The maximum atomic E-state index is 13.0. The molecule has 3 saturated heterocycles. The van der Waals surface area contributed by atoms with Crippen LogP contribution in [0.4, 0.5) is 0 Å². The highest BCUT2D eigenvalue weighted by atomic mass is 16.8. The van der Waals surface area contributed by atoms with Crippen LogP contribution in [-0.2, 0) is 33.2 Å². The summed E-state index contributed by atoms with van der Waals surface area (Å²) in [6, 6.07) is -0.979. The van der Waals surface area contributed by atoms with E-state index in [0.717, 1.165) is 51.4 Å². The summed E-state index contributed by atoms with van der Waals surface area (Å²) in [4.78, 5) is 13.0. The van der Waals surface area contributed by atoms with Gasteiger partial charge in [0.1, 0.15) is 73.2 Å². The molecule has 3 fully saturated rings. The van der Waals surface area contributed by atoms with E-state index >= 15 is 0 Å². The van der Waals surface area contributed by atoms with E-state index < -0.39 is 124 Å². The van der Waals surface area contributed by atoms with Crippen LogP contribution in [0.5, 0.6) is 0 Å². The van der Waals surface area contributed by atoms with Gasteiger partial charge in [-0.25, -0.2) is 0 Å². The Morgan fingerprint density at radius 3 is 1.59 bits per heavy atom. The number of carbonyl (C=O) groups is 1. The lowest BCUT2D eigenvalue weighted by Gasteiger charge is -2.48. The molecule has 3 heterocycles. The standard InChI is InChI=1S/C44H79NO18/c1-3-5-7-9-11-12-13-14-15-16-17-19-21-28(49)27(45-32(50)22-20-18-10-8-6-4-2)26-58-42-38(56)35(53)40(30(24-47)60-42)63-44-39(57)36(54)41(31(25-48)61-44)62-43-37(55)34(52)33(51)29(23-46)59-43/h14-15,19,21,27-31,33-44,46-49,51-57H,3-13,16-18,20,22-26H2,1-2H3,(H,45,50)/b15-14+,21-19+. The van der Waals surface area contributed by atoms with E-state index in [9.17, 15) is 61.0 Å². The number of carbonyl (C=O) groups excluding carboxylic acids is 1. The Labute approximate surface area is 371 Å². The van der Waals surface area contributed by atoms with Crippen LogP contribution in [0.2, 0.25) is 0 Å². The number of amides is 1. The fourth-order valence-corrected chi connectivity index (χ4v) is 7.79. The van der Waals surface area contributed by atoms with Crippen LogP contribution in [0.25, 0.3) is 0 Å². The van der Waals surface area contributed by atoms with Crippen molar-refractivity contribution in [2.75, 3.05) is 26.4 Å². The van der Waals surface area contributed by atoms with Gasteiger partial charge in [0.2, 0.25) is 5.91 Å². The van der Waals surface area contributed by atoms with Crippen molar-refractivity contribution in [2.24, 2.45) is 0 Å². The average Bonchev–Trinajstić information content (AvgIpc) is 3.28. The summed E-state index contributed by atoms with van der Waals surface area (Å²) in [5.74, 6) is -0.300. The highest BCUT2D eigenvalue weighted by Gasteiger charge is 2.53. The lowest BCUT2D eigenvalue weighted by molar-refractivity contribution is -0.379. The van der Waals surface area contributed by atoms with Crippen molar-refractivity contribution in [3.63, 3.8) is 0 Å². The molecule has 3 aliphatic heterocycles. The summed E-state index contributed by atoms with van der Waals surface area (Å²) in [5.41, 5.74) is 0. The topological polar surface area (TPSA) is 307 Å². The van der Waals surface area contributed by atoms with E-state index in [4.69, 9.17) is 28.4 Å². The first kappa shape index (κ1) is 55.6. The number of aliphatic hydroxyl groups is 11.